The van der Waals surface area contributed by atoms with Crippen molar-refractivity contribution in [3.63, 3.8) is 0 Å². The maximum Gasteiger partial charge on any atom is 0.328 e. The van der Waals surface area contributed by atoms with E-state index < -0.39 is 5.97 Å². The highest BCUT2D eigenvalue weighted by atomic mass is 16.4. The first-order valence-electron chi connectivity index (χ1n) is 6.63. The first-order chi connectivity index (χ1) is 9.61. The lowest BCUT2D eigenvalue weighted by Crippen LogP contribution is -2.28. The molecule has 1 heterocycles. The van der Waals surface area contributed by atoms with Gasteiger partial charge in [-0.05, 0) is 43.0 Å². The molecule has 1 aliphatic carbocycles. The minimum atomic E-state index is -0.972. The third kappa shape index (κ3) is 3.58. The van der Waals surface area contributed by atoms with Gasteiger partial charge in [-0.3, -0.25) is 0 Å². The molecule has 0 bridgehead atoms. The molecule has 5 heteroatoms. The zero-order chi connectivity index (χ0) is 14.5. The molecule has 1 aromatic heterocycles. The first-order valence-corrected chi connectivity index (χ1v) is 6.63. The Bertz CT molecular complexity index is 571. The van der Waals surface area contributed by atoms with Gasteiger partial charge in [0.15, 0.2) is 0 Å². The van der Waals surface area contributed by atoms with Gasteiger partial charge in [0, 0.05) is 24.9 Å². The molecule has 20 heavy (non-hydrogen) atoms. The van der Waals surface area contributed by atoms with Crippen LogP contribution in [0.1, 0.15) is 30.4 Å². The zero-order valence-electron chi connectivity index (χ0n) is 11.4. The van der Waals surface area contributed by atoms with E-state index in [1.54, 1.807) is 6.20 Å². The zero-order valence-corrected chi connectivity index (χ0v) is 11.4. The van der Waals surface area contributed by atoms with Crippen LogP contribution in [-0.4, -0.2) is 28.6 Å². The van der Waals surface area contributed by atoms with Crippen molar-refractivity contribution in [3.8, 4) is 6.07 Å². The number of pyridine rings is 1. The first kappa shape index (κ1) is 14.1. The molecule has 2 rings (SSSR count). The van der Waals surface area contributed by atoms with Gasteiger partial charge in [0.1, 0.15) is 5.82 Å². The minimum absolute atomic E-state index is 0.484. The summed E-state index contributed by atoms with van der Waals surface area (Å²) >= 11 is 0. The molecule has 1 aliphatic rings. The highest BCUT2D eigenvalue weighted by molar-refractivity contribution is 5.85. The SMILES string of the molecule is Cc1cc(/C=C/C(=O)O)cnc1N(CCC#N)C1CC1. The molecule has 1 N–H and O–H groups in total. The lowest BCUT2D eigenvalue weighted by molar-refractivity contribution is -0.131. The second-order valence-corrected chi connectivity index (χ2v) is 4.91. The normalized spacial score (nSPS) is 14.2. The third-order valence-corrected chi connectivity index (χ3v) is 3.21. The standard InChI is InChI=1S/C15H17N3O2/c1-11-9-12(3-6-14(19)20)10-17-15(11)18(8-2-7-16)13-4-5-13/h3,6,9-10,13H,2,4-5,8H2,1H3,(H,19,20)/b6-3+. The fourth-order valence-corrected chi connectivity index (χ4v) is 2.17. The van der Waals surface area contributed by atoms with Crippen LogP contribution in [0.2, 0.25) is 0 Å². The number of aryl methyl sites for hydroxylation is 1. The molecule has 104 valence electrons. The Balaban J connectivity index is 2.19. The van der Waals surface area contributed by atoms with E-state index in [9.17, 15) is 4.79 Å². The Morgan fingerprint density at radius 1 is 1.65 bits per heavy atom. The van der Waals surface area contributed by atoms with Crippen LogP contribution >= 0.6 is 0 Å². The molecule has 0 amide bonds. The Labute approximate surface area is 118 Å². The number of carboxylic acid groups (broad SMARTS) is 1. The van der Waals surface area contributed by atoms with Gasteiger partial charge in [0.25, 0.3) is 0 Å². The molecular weight excluding hydrogens is 254 g/mol. The highest BCUT2D eigenvalue weighted by Gasteiger charge is 2.30. The van der Waals surface area contributed by atoms with E-state index in [2.05, 4.69) is 16.0 Å². The van der Waals surface area contributed by atoms with Crippen molar-refractivity contribution in [2.45, 2.75) is 32.2 Å². The number of aliphatic carboxylic acids is 1. The molecule has 0 radical (unpaired) electrons. The summed E-state index contributed by atoms with van der Waals surface area (Å²) in [6, 6.07) is 4.58. The van der Waals surface area contributed by atoms with Crippen LogP contribution in [0, 0.1) is 18.3 Å². The van der Waals surface area contributed by atoms with Crippen molar-refractivity contribution < 1.29 is 9.90 Å². The van der Waals surface area contributed by atoms with Gasteiger partial charge in [0.05, 0.1) is 12.5 Å². The topological polar surface area (TPSA) is 77.2 Å². The summed E-state index contributed by atoms with van der Waals surface area (Å²) in [5.41, 5.74) is 1.77. The quantitative estimate of drug-likeness (QED) is 0.804. The van der Waals surface area contributed by atoms with Crippen LogP contribution < -0.4 is 4.90 Å². The largest absolute Gasteiger partial charge is 0.478 e. The molecule has 0 unspecified atom stereocenters. The molecule has 0 saturated heterocycles. The molecule has 0 spiro atoms. The smallest absolute Gasteiger partial charge is 0.328 e. The number of rotatable bonds is 6. The monoisotopic (exact) mass is 271 g/mol. The maximum atomic E-state index is 10.5. The third-order valence-electron chi connectivity index (χ3n) is 3.21. The highest BCUT2D eigenvalue weighted by Crippen LogP contribution is 2.32. The predicted octanol–water partition coefficient (Wildman–Crippen LogP) is 2.37. The molecule has 0 aliphatic heterocycles. The number of aromatic nitrogens is 1. The van der Waals surface area contributed by atoms with Crippen molar-refractivity contribution in [1.82, 2.24) is 4.98 Å². The van der Waals surface area contributed by atoms with Crippen LogP contribution in [-0.2, 0) is 4.79 Å². The summed E-state index contributed by atoms with van der Waals surface area (Å²) in [5, 5.41) is 17.4. The average Bonchev–Trinajstić information content (AvgIpc) is 3.23. The predicted molar refractivity (Wildman–Crippen MR) is 76.2 cm³/mol. The summed E-state index contributed by atoms with van der Waals surface area (Å²) in [6.45, 7) is 2.65. The summed E-state index contributed by atoms with van der Waals surface area (Å²) in [5.74, 6) is -0.0735. The Morgan fingerprint density at radius 3 is 2.95 bits per heavy atom. The molecule has 0 atom stereocenters. The van der Waals surface area contributed by atoms with E-state index in [0.717, 1.165) is 35.9 Å². The van der Waals surface area contributed by atoms with E-state index in [-0.39, 0.29) is 0 Å². The average molecular weight is 271 g/mol. The molecule has 1 saturated carbocycles. The number of nitrogens with zero attached hydrogens (tertiary/aromatic N) is 3. The van der Waals surface area contributed by atoms with E-state index in [1.807, 2.05) is 13.0 Å². The lowest BCUT2D eigenvalue weighted by atomic mass is 10.1. The maximum absolute atomic E-state index is 10.5. The van der Waals surface area contributed by atoms with Crippen molar-refractivity contribution in [3.05, 3.63) is 29.5 Å². The van der Waals surface area contributed by atoms with Gasteiger partial charge in [-0.2, -0.15) is 5.26 Å². The van der Waals surface area contributed by atoms with Crippen LogP contribution in [0.5, 0.6) is 0 Å². The Morgan fingerprint density at radius 2 is 2.40 bits per heavy atom. The molecule has 0 aromatic carbocycles. The number of hydrogen-bond donors (Lipinski definition) is 1. The van der Waals surface area contributed by atoms with E-state index in [4.69, 9.17) is 10.4 Å². The Kier molecular flexibility index (Phi) is 4.36. The van der Waals surface area contributed by atoms with Crippen LogP contribution in [0.25, 0.3) is 6.08 Å². The van der Waals surface area contributed by atoms with Gasteiger partial charge in [-0.25, -0.2) is 9.78 Å². The number of anilines is 1. The lowest BCUT2D eigenvalue weighted by Gasteiger charge is -2.24. The minimum Gasteiger partial charge on any atom is -0.478 e. The number of carboxylic acids is 1. The second kappa shape index (κ2) is 6.20. The van der Waals surface area contributed by atoms with Crippen LogP contribution in [0.15, 0.2) is 18.3 Å². The Hall–Kier alpha value is -2.35. The van der Waals surface area contributed by atoms with Crippen LogP contribution in [0.3, 0.4) is 0 Å². The van der Waals surface area contributed by atoms with Crippen LogP contribution in [0.4, 0.5) is 5.82 Å². The number of hydrogen-bond acceptors (Lipinski definition) is 4. The summed E-state index contributed by atoms with van der Waals surface area (Å²) < 4.78 is 0. The molecule has 1 aromatic rings. The fourth-order valence-electron chi connectivity index (χ4n) is 2.17. The second-order valence-electron chi connectivity index (χ2n) is 4.91. The van der Waals surface area contributed by atoms with Gasteiger partial charge in [0.2, 0.25) is 0 Å². The number of nitriles is 1. The van der Waals surface area contributed by atoms with Crippen molar-refractivity contribution in [2.75, 3.05) is 11.4 Å². The fraction of sp³-hybridized carbons (Fsp3) is 0.400. The van der Waals surface area contributed by atoms with Gasteiger partial charge in [-0.15, -0.1) is 0 Å². The molecule has 1 fully saturated rings. The van der Waals surface area contributed by atoms with E-state index in [0.29, 0.717) is 19.0 Å². The molecule has 5 nitrogen and oxygen atoms in total. The van der Waals surface area contributed by atoms with Crippen molar-refractivity contribution >= 4 is 17.9 Å². The summed E-state index contributed by atoms with van der Waals surface area (Å²) in [6.07, 6.45) is 7.08. The van der Waals surface area contributed by atoms with Crippen molar-refractivity contribution in [1.29, 1.82) is 5.26 Å². The summed E-state index contributed by atoms with van der Waals surface area (Å²) in [7, 11) is 0. The van der Waals surface area contributed by atoms with E-state index in [1.165, 1.54) is 6.08 Å². The summed E-state index contributed by atoms with van der Waals surface area (Å²) in [4.78, 5) is 17.1. The van der Waals surface area contributed by atoms with Gasteiger partial charge in [-0.1, -0.05) is 0 Å². The van der Waals surface area contributed by atoms with E-state index >= 15 is 0 Å². The molecular formula is C15H17N3O2. The van der Waals surface area contributed by atoms with Crippen molar-refractivity contribution in [2.24, 2.45) is 0 Å². The number of carbonyl (C=O) groups is 1. The van der Waals surface area contributed by atoms with Gasteiger partial charge < -0.3 is 10.0 Å². The van der Waals surface area contributed by atoms with Gasteiger partial charge >= 0.3 is 5.97 Å².